The zero-order valence-electron chi connectivity index (χ0n) is 13.7. The van der Waals surface area contributed by atoms with Crippen molar-refractivity contribution in [1.29, 1.82) is 0 Å². The number of benzene rings is 2. The summed E-state index contributed by atoms with van der Waals surface area (Å²) >= 11 is 6.11. The molecule has 0 aromatic heterocycles. The predicted molar refractivity (Wildman–Crippen MR) is 95.3 cm³/mol. The molecule has 0 bridgehead atoms. The van der Waals surface area contributed by atoms with Gasteiger partial charge in [-0.15, -0.1) is 0 Å². The van der Waals surface area contributed by atoms with Crippen LogP contribution in [0.1, 0.15) is 24.8 Å². The van der Waals surface area contributed by atoms with Crippen LogP contribution >= 0.6 is 11.6 Å². The van der Waals surface area contributed by atoms with Gasteiger partial charge in [-0.2, -0.15) is 0 Å². The first-order chi connectivity index (χ1) is 12.0. The highest BCUT2D eigenvalue weighted by atomic mass is 35.5. The number of aliphatic carboxylic acids is 1. The van der Waals surface area contributed by atoms with Gasteiger partial charge < -0.3 is 14.7 Å². The monoisotopic (exact) mass is 359 g/mol. The van der Waals surface area contributed by atoms with Crippen LogP contribution in [0.2, 0.25) is 5.02 Å². The Bertz CT molecular complexity index is 808. The summed E-state index contributed by atoms with van der Waals surface area (Å²) in [6, 6.07) is 14.0. The Morgan fingerprint density at radius 2 is 1.92 bits per heavy atom. The van der Waals surface area contributed by atoms with Crippen molar-refractivity contribution in [3.63, 3.8) is 0 Å². The molecule has 1 N–H and O–H groups in total. The van der Waals surface area contributed by atoms with Crippen LogP contribution < -0.4 is 9.64 Å². The van der Waals surface area contributed by atoms with E-state index >= 15 is 0 Å². The molecule has 2 aromatic carbocycles. The van der Waals surface area contributed by atoms with Crippen LogP contribution in [0.15, 0.2) is 48.5 Å². The molecule has 5 nitrogen and oxygen atoms in total. The fourth-order valence-electron chi connectivity index (χ4n) is 3.00. The van der Waals surface area contributed by atoms with Gasteiger partial charge in [0.2, 0.25) is 0 Å². The van der Waals surface area contributed by atoms with Crippen LogP contribution in [0.4, 0.5) is 5.69 Å². The number of carbonyl (C=O) groups excluding carboxylic acids is 1. The number of hydrogen-bond donors (Lipinski definition) is 1. The van der Waals surface area contributed by atoms with Crippen molar-refractivity contribution in [2.24, 2.45) is 0 Å². The number of ether oxygens (including phenoxy) is 1. The number of carbonyl (C=O) groups is 2. The van der Waals surface area contributed by atoms with Gasteiger partial charge in [0.1, 0.15) is 11.7 Å². The third-order valence-corrected chi connectivity index (χ3v) is 4.60. The SMILES string of the molecule is CCC(Oc1ccccc1Cl)C(=O)N1CC(C(=O)O)c2ccccc21. The summed E-state index contributed by atoms with van der Waals surface area (Å²) in [6.45, 7) is 1.95. The van der Waals surface area contributed by atoms with Gasteiger partial charge in [-0.05, 0) is 30.2 Å². The van der Waals surface area contributed by atoms with Gasteiger partial charge in [-0.1, -0.05) is 48.9 Å². The summed E-state index contributed by atoms with van der Waals surface area (Å²) in [5, 5.41) is 9.87. The molecule has 2 atom stereocenters. The molecule has 2 aromatic rings. The van der Waals surface area contributed by atoms with E-state index in [1.54, 1.807) is 48.5 Å². The van der Waals surface area contributed by atoms with Gasteiger partial charge in [0, 0.05) is 12.2 Å². The van der Waals surface area contributed by atoms with E-state index in [0.717, 1.165) is 0 Å². The smallest absolute Gasteiger partial charge is 0.312 e. The fraction of sp³-hybridized carbons (Fsp3) is 0.263. The Kier molecular flexibility index (Phi) is 4.95. The molecule has 130 valence electrons. The molecule has 0 radical (unpaired) electrons. The van der Waals surface area contributed by atoms with Gasteiger partial charge in [0.05, 0.1) is 5.02 Å². The second kappa shape index (κ2) is 7.15. The lowest BCUT2D eigenvalue weighted by Gasteiger charge is -2.24. The summed E-state index contributed by atoms with van der Waals surface area (Å²) in [5.41, 5.74) is 1.28. The topological polar surface area (TPSA) is 66.8 Å². The standard InChI is InChI=1S/C19H18ClNO4/c1-2-16(25-17-10-6-4-8-14(17)20)18(22)21-11-13(19(23)24)12-7-3-5-9-15(12)21/h3-10,13,16H,2,11H2,1H3,(H,23,24). The molecule has 1 amide bonds. The number of halogens is 1. The minimum absolute atomic E-state index is 0.107. The number of nitrogens with zero attached hydrogens (tertiary/aromatic N) is 1. The molecule has 1 aliphatic heterocycles. The maximum Gasteiger partial charge on any atom is 0.312 e. The molecule has 2 unspecified atom stereocenters. The normalized spacial score (nSPS) is 17.0. The molecular formula is C19H18ClNO4. The summed E-state index contributed by atoms with van der Waals surface area (Å²) in [4.78, 5) is 26.0. The lowest BCUT2D eigenvalue weighted by molar-refractivity contribution is -0.138. The van der Waals surface area contributed by atoms with Gasteiger partial charge in [-0.25, -0.2) is 0 Å². The third kappa shape index (κ3) is 3.33. The number of rotatable bonds is 5. The van der Waals surface area contributed by atoms with Crippen LogP contribution in [0, 0.1) is 0 Å². The van der Waals surface area contributed by atoms with Crippen LogP contribution in [0.5, 0.6) is 5.75 Å². The van der Waals surface area contributed by atoms with Gasteiger partial charge in [-0.3, -0.25) is 9.59 Å². The van der Waals surface area contributed by atoms with E-state index in [2.05, 4.69) is 0 Å². The molecule has 1 aliphatic rings. The summed E-state index contributed by atoms with van der Waals surface area (Å²) < 4.78 is 5.81. The minimum Gasteiger partial charge on any atom is -0.481 e. The van der Waals surface area contributed by atoms with E-state index < -0.39 is 18.0 Å². The van der Waals surface area contributed by atoms with Crippen molar-refractivity contribution in [1.82, 2.24) is 0 Å². The highest BCUT2D eigenvalue weighted by Crippen LogP contribution is 2.37. The van der Waals surface area contributed by atoms with Crippen LogP contribution in [-0.4, -0.2) is 29.6 Å². The highest BCUT2D eigenvalue weighted by Gasteiger charge is 2.38. The van der Waals surface area contributed by atoms with Crippen molar-refractivity contribution >= 4 is 29.2 Å². The maximum atomic E-state index is 13.0. The molecule has 0 spiro atoms. The maximum absolute atomic E-state index is 13.0. The third-order valence-electron chi connectivity index (χ3n) is 4.28. The van der Waals surface area contributed by atoms with Crippen molar-refractivity contribution in [2.75, 3.05) is 11.4 Å². The van der Waals surface area contributed by atoms with Crippen molar-refractivity contribution in [3.8, 4) is 5.75 Å². The molecule has 25 heavy (non-hydrogen) atoms. The van der Waals surface area contributed by atoms with Gasteiger partial charge in [0.15, 0.2) is 6.10 Å². The second-order valence-corrected chi connectivity index (χ2v) is 6.25. The lowest BCUT2D eigenvalue weighted by atomic mass is 10.0. The lowest BCUT2D eigenvalue weighted by Crippen LogP contribution is -2.41. The van der Waals surface area contributed by atoms with E-state index in [1.807, 2.05) is 6.92 Å². The Morgan fingerprint density at radius 3 is 2.60 bits per heavy atom. The number of carboxylic acid groups (broad SMARTS) is 1. The number of hydrogen-bond acceptors (Lipinski definition) is 3. The average molecular weight is 360 g/mol. The quantitative estimate of drug-likeness (QED) is 0.883. The summed E-state index contributed by atoms with van der Waals surface area (Å²) in [7, 11) is 0. The largest absolute Gasteiger partial charge is 0.481 e. The van der Waals surface area contributed by atoms with Crippen molar-refractivity contribution < 1.29 is 19.4 Å². The zero-order valence-corrected chi connectivity index (χ0v) is 14.4. The van der Waals surface area contributed by atoms with Crippen LogP contribution in [-0.2, 0) is 9.59 Å². The number of carboxylic acids is 1. The van der Waals surface area contributed by atoms with E-state index in [-0.39, 0.29) is 12.5 Å². The minimum atomic E-state index is -0.942. The first-order valence-corrected chi connectivity index (χ1v) is 8.45. The number of para-hydroxylation sites is 2. The zero-order chi connectivity index (χ0) is 18.0. The van der Waals surface area contributed by atoms with E-state index in [0.29, 0.717) is 28.4 Å². The predicted octanol–water partition coefficient (Wildman–Crippen LogP) is 3.71. The summed E-state index contributed by atoms with van der Waals surface area (Å²) in [6.07, 6.45) is -0.291. The van der Waals surface area contributed by atoms with Crippen molar-refractivity contribution in [2.45, 2.75) is 25.4 Å². The number of amides is 1. The molecule has 6 heteroatoms. The molecule has 0 aliphatic carbocycles. The number of fused-ring (bicyclic) bond motifs is 1. The van der Waals surface area contributed by atoms with Gasteiger partial charge in [0.25, 0.3) is 5.91 Å². The van der Waals surface area contributed by atoms with E-state index in [4.69, 9.17) is 16.3 Å². The first-order valence-electron chi connectivity index (χ1n) is 8.07. The Balaban J connectivity index is 1.87. The van der Waals surface area contributed by atoms with Gasteiger partial charge >= 0.3 is 5.97 Å². The molecule has 1 heterocycles. The van der Waals surface area contributed by atoms with Crippen LogP contribution in [0.25, 0.3) is 0 Å². The molecule has 0 saturated carbocycles. The van der Waals surface area contributed by atoms with Crippen LogP contribution in [0.3, 0.4) is 0 Å². The fourth-order valence-corrected chi connectivity index (χ4v) is 3.18. The summed E-state index contributed by atoms with van der Waals surface area (Å²) in [5.74, 6) is -1.49. The molecular weight excluding hydrogens is 342 g/mol. The highest BCUT2D eigenvalue weighted by molar-refractivity contribution is 6.32. The molecule has 0 saturated heterocycles. The Labute approximate surface area is 150 Å². The average Bonchev–Trinajstić information content (AvgIpc) is 3.00. The first kappa shape index (κ1) is 17.3. The van der Waals surface area contributed by atoms with Crippen molar-refractivity contribution in [3.05, 3.63) is 59.1 Å². The Hall–Kier alpha value is -2.53. The number of anilines is 1. The van der Waals surface area contributed by atoms with E-state index in [9.17, 15) is 14.7 Å². The second-order valence-electron chi connectivity index (χ2n) is 5.84. The Morgan fingerprint density at radius 1 is 1.24 bits per heavy atom. The molecule has 0 fully saturated rings. The molecule has 3 rings (SSSR count). The van der Waals surface area contributed by atoms with E-state index in [1.165, 1.54) is 4.90 Å².